The zero-order valence-corrected chi connectivity index (χ0v) is 21.5. The van der Waals surface area contributed by atoms with Crippen LogP contribution in [-0.2, 0) is 9.05 Å². The highest BCUT2D eigenvalue weighted by Gasteiger charge is 2.50. The molecule has 4 atom stereocenters. The maximum absolute atomic E-state index is 6.91. The second kappa shape index (κ2) is 10.7. The van der Waals surface area contributed by atoms with Gasteiger partial charge in [0.25, 0.3) is 0 Å². The van der Waals surface area contributed by atoms with E-state index in [1.165, 1.54) is 21.2 Å². The monoisotopic (exact) mass is 496 g/mol. The molecule has 2 aliphatic rings. The number of benzene rings is 4. The van der Waals surface area contributed by atoms with Gasteiger partial charge in [-0.3, -0.25) is 0 Å². The summed E-state index contributed by atoms with van der Waals surface area (Å²) in [4.78, 5) is 0. The van der Waals surface area contributed by atoms with E-state index in [9.17, 15) is 0 Å². The van der Waals surface area contributed by atoms with Crippen molar-refractivity contribution in [1.82, 2.24) is 0 Å². The summed E-state index contributed by atoms with van der Waals surface area (Å²) in [6.45, 7) is 0. The third kappa shape index (κ3) is 5.13. The highest BCUT2D eigenvalue weighted by Crippen LogP contribution is 2.55. The van der Waals surface area contributed by atoms with Gasteiger partial charge >= 0.3 is 0 Å². The largest absolute Gasteiger partial charge is 0.346 e. The van der Waals surface area contributed by atoms with Crippen LogP contribution in [0.15, 0.2) is 121 Å². The van der Waals surface area contributed by atoms with Crippen molar-refractivity contribution >= 4 is 37.5 Å². The minimum absolute atomic E-state index is 0.296. The lowest BCUT2D eigenvalue weighted by molar-refractivity contribution is 0.0161. The highest BCUT2D eigenvalue weighted by atomic mass is 31.1. The smallest absolute Gasteiger partial charge is 0.0921 e. The van der Waals surface area contributed by atoms with Crippen LogP contribution in [0.1, 0.15) is 19.3 Å². The Morgan fingerprint density at radius 2 is 0.857 bits per heavy atom. The molecule has 4 aromatic carbocycles. The molecule has 0 N–H and O–H groups in total. The topological polar surface area (TPSA) is 18.5 Å². The quantitative estimate of drug-likeness (QED) is 0.267. The summed E-state index contributed by atoms with van der Waals surface area (Å²) >= 11 is 0. The number of hydrogen-bond donors (Lipinski definition) is 0. The molecule has 0 amide bonds. The van der Waals surface area contributed by atoms with E-state index in [-0.39, 0.29) is 0 Å². The van der Waals surface area contributed by atoms with Crippen LogP contribution in [0.3, 0.4) is 0 Å². The van der Waals surface area contributed by atoms with Crippen LogP contribution >= 0.6 is 16.3 Å². The maximum Gasteiger partial charge on any atom is 0.0921 e. The number of hydrogen-bond acceptors (Lipinski definition) is 2. The maximum atomic E-state index is 6.91. The Hall–Kier alpha value is -2.34. The molecular weight excluding hydrogens is 466 g/mol. The highest BCUT2D eigenvalue weighted by molar-refractivity contribution is 7.68. The molecule has 0 heterocycles. The third-order valence-corrected chi connectivity index (χ3v) is 11.2. The fourth-order valence-electron chi connectivity index (χ4n) is 5.40. The van der Waals surface area contributed by atoms with E-state index < -0.39 is 16.3 Å². The molecule has 176 valence electrons. The van der Waals surface area contributed by atoms with Crippen LogP contribution in [-0.4, -0.2) is 12.2 Å². The van der Waals surface area contributed by atoms with Gasteiger partial charge in [0.15, 0.2) is 0 Å². The van der Waals surface area contributed by atoms with Gasteiger partial charge < -0.3 is 9.05 Å². The fourth-order valence-corrected chi connectivity index (χ4v) is 9.23. The Labute approximate surface area is 211 Å². The van der Waals surface area contributed by atoms with Gasteiger partial charge in [-0.1, -0.05) is 121 Å². The Morgan fingerprint density at radius 3 is 1.29 bits per heavy atom. The van der Waals surface area contributed by atoms with Crippen molar-refractivity contribution in [3.8, 4) is 0 Å². The van der Waals surface area contributed by atoms with Gasteiger partial charge in [0.2, 0.25) is 0 Å². The third-order valence-electron chi connectivity index (χ3n) is 7.18. The van der Waals surface area contributed by atoms with E-state index >= 15 is 0 Å². The normalized spacial score (nSPS) is 23.3. The summed E-state index contributed by atoms with van der Waals surface area (Å²) < 4.78 is 13.8. The average Bonchev–Trinajstić information content (AvgIpc) is 3.25. The second-order valence-corrected chi connectivity index (χ2v) is 13.1. The van der Waals surface area contributed by atoms with Gasteiger partial charge in [0, 0.05) is 21.2 Å². The van der Waals surface area contributed by atoms with E-state index in [0.717, 1.165) is 25.2 Å². The van der Waals surface area contributed by atoms with Gasteiger partial charge in [-0.2, -0.15) is 0 Å². The molecule has 2 fully saturated rings. The molecule has 0 aliphatic heterocycles. The van der Waals surface area contributed by atoms with Crippen molar-refractivity contribution in [3.63, 3.8) is 0 Å². The van der Waals surface area contributed by atoms with Crippen molar-refractivity contribution in [3.05, 3.63) is 121 Å². The van der Waals surface area contributed by atoms with Gasteiger partial charge in [0.05, 0.1) is 28.5 Å². The Bertz CT molecular complexity index is 1040. The summed E-state index contributed by atoms with van der Waals surface area (Å²) in [6, 6.07) is 43.0. The molecule has 0 radical (unpaired) electrons. The average molecular weight is 497 g/mol. The molecule has 6 rings (SSSR count). The SMILES string of the molecule is c1ccc(P(O[C@@H]2C[C@@H]3C[C@H](OP(c4ccccc4)c4ccccc4)[C@@H]3C2)c2ccccc2)cc1. The number of fused-ring (bicyclic) bond motifs is 1. The van der Waals surface area contributed by atoms with Crippen LogP contribution < -0.4 is 21.2 Å². The van der Waals surface area contributed by atoms with Crippen molar-refractivity contribution in [2.45, 2.75) is 31.5 Å². The van der Waals surface area contributed by atoms with Gasteiger partial charge in [-0.25, -0.2) is 0 Å². The summed E-state index contributed by atoms with van der Waals surface area (Å²) in [7, 11) is -1.62. The molecule has 0 aromatic heterocycles. The first-order chi connectivity index (χ1) is 17.3. The van der Waals surface area contributed by atoms with Crippen molar-refractivity contribution in [2.75, 3.05) is 0 Å². The zero-order valence-electron chi connectivity index (χ0n) is 19.7. The minimum Gasteiger partial charge on any atom is -0.346 e. The molecule has 4 aromatic rings. The van der Waals surface area contributed by atoms with Gasteiger partial charge in [-0.05, 0) is 31.1 Å². The standard InChI is InChI=1S/C31H30O2P2/c1-5-13-26(14-6-1)34(27-15-7-2-8-16-27)32-25-21-24-22-31(30(24)23-25)33-35(28-17-9-3-10-18-28)29-19-11-4-12-20-29/h1-20,24-25,30-31H,21-23H2/t24-,25-,30-,31+/m1/s1. The van der Waals surface area contributed by atoms with Gasteiger partial charge in [-0.15, -0.1) is 0 Å². The van der Waals surface area contributed by atoms with Crippen LogP contribution in [0.5, 0.6) is 0 Å². The lowest BCUT2D eigenvalue weighted by Gasteiger charge is -2.41. The van der Waals surface area contributed by atoms with Crippen LogP contribution in [0.25, 0.3) is 0 Å². The van der Waals surface area contributed by atoms with E-state index in [2.05, 4.69) is 121 Å². The molecule has 2 aliphatic carbocycles. The van der Waals surface area contributed by atoms with Crippen molar-refractivity contribution in [1.29, 1.82) is 0 Å². The summed E-state index contributed by atoms with van der Waals surface area (Å²) in [6.07, 6.45) is 4.01. The summed E-state index contributed by atoms with van der Waals surface area (Å²) in [5, 5.41) is 5.16. The lowest BCUT2D eigenvalue weighted by Crippen LogP contribution is -2.40. The molecule has 0 unspecified atom stereocenters. The Balaban J connectivity index is 1.17. The van der Waals surface area contributed by atoms with Crippen molar-refractivity contribution in [2.24, 2.45) is 11.8 Å². The predicted molar refractivity (Wildman–Crippen MR) is 149 cm³/mol. The first-order valence-electron chi connectivity index (χ1n) is 12.5. The second-order valence-electron chi connectivity index (χ2n) is 9.43. The molecule has 0 bridgehead atoms. The zero-order chi connectivity index (χ0) is 23.5. The van der Waals surface area contributed by atoms with E-state index in [4.69, 9.17) is 9.05 Å². The van der Waals surface area contributed by atoms with Crippen LogP contribution in [0, 0.1) is 11.8 Å². The molecule has 0 spiro atoms. The van der Waals surface area contributed by atoms with Crippen molar-refractivity contribution < 1.29 is 9.05 Å². The summed E-state index contributed by atoms with van der Waals surface area (Å²) in [5.74, 6) is 1.32. The fraction of sp³-hybridized carbons (Fsp3) is 0.226. The molecule has 2 nitrogen and oxygen atoms in total. The van der Waals surface area contributed by atoms with E-state index in [1.807, 2.05) is 0 Å². The number of rotatable bonds is 8. The first kappa shape index (κ1) is 23.1. The molecule has 0 saturated heterocycles. The van der Waals surface area contributed by atoms with E-state index in [0.29, 0.717) is 18.1 Å². The minimum atomic E-state index is -0.812. The predicted octanol–water partition coefficient (Wildman–Crippen LogP) is 6.28. The van der Waals surface area contributed by atoms with Crippen LogP contribution in [0.4, 0.5) is 0 Å². The Morgan fingerprint density at radius 1 is 0.457 bits per heavy atom. The summed E-state index contributed by atoms with van der Waals surface area (Å²) in [5.41, 5.74) is 0. The molecule has 35 heavy (non-hydrogen) atoms. The first-order valence-corrected chi connectivity index (χ1v) is 15.0. The lowest BCUT2D eigenvalue weighted by atomic mass is 9.74. The van der Waals surface area contributed by atoms with Crippen LogP contribution in [0.2, 0.25) is 0 Å². The van der Waals surface area contributed by atoms with Gasteiger partial charge in [0.1, 0.15) is 0 Å². The Kier molecular flexibility index (Phi) is 7.08. The molecule has 4 heteroatoms. The van der Waals surface area contributed by atoms with E-state index in [1.54, 1.807) is 0 Å². The molecular formula is C31H30O2P2. The molecule has 2 saturated carbocycles.